The van der Waals surface area contributed by atoms with Crippen LogP contribution in [0, 0.1) is 5.92 Å². The summed E-state index contributed by atoms with van der Waals surface area (Å²) in [5.74, 6) is 2.09. The number of allylic oxidation sites excluding steroid dienone is 1. The van der Waals surface area contributed by atoms with E-state index in [9.17, 15) is 0 Å². The van der Waals surface area contributed by atoms with Crippen LogP contribution < -0.4 is 9.47 Å². The van der Waals surface area contributed by atoms with Gasteiger partial charge in [0.1, 0.15) is 11.5 Å². The van der Waals surface area contributed by atoms with Gasteiger partial charge in [0.05, 0.1) is 26.0 Å². The quantitative estimate of drug-likeness (QED) is 0.812. The van der Waals surface area contributed by atoms with Gasteiger partial charge in [-0.05, 0) is 55.2 Å². The first-order valence-electron chi connectivity index (χ1n) is 8.97. The average molecular weight is 348 g/mol. The van der Waals surface area contributed by atoms with E-state index < -0.39 is 0 Å². The van der Waals surface area contributed by atoms with E-state index in [0.29, 0.717) is 5.92 Å². The molecule has 1 aliphatic heterocycles. The van der Waals surface area contributed by atoms with Crippen LogP contribution in [0.2, 0.25) is 0 Å². The summed E-state index contributed by atoms with van der Waals surface area (Å²) in [6.45, 7) is 6.18. The van der Waals surface area contributed by atoms with Gasteiger partial charge in [-0.25, -0.2) is 0 Å². The van der Waals surface area contributed by atoms with E-state index in [1.165, 1.54) is 16.7 Å². The van der Waals surface area contributed by atoms with Gasteiger partial charge in [-0.2, -0.15) is 5.10 Å². The molecular formula is C22H24N2O2. The van der Waals surface area contributed by atoms with Gasteiger partial charge in [-0.3, -0.25) is 5.01 Å². The molecule has 0 radical (unpaired) electrons. The number of hydrazone groups is 1. The van der Waals surface area contributed by atoms with E-state index >= 15 is 0 Å². The molecule has 0 aromatic heterocycles. The maximum Gasteiger partial charge on any atom is 0.119 e. The van der Waals surface area contributed by atoms with Gasteiger partial charge in [0, 0.05) is 17.2 Å². The molecule has 2 aliphatic rings. The molecule has 2 aromatic carbocycles. The van der Waals surface area contributed by atoms with Crippen molar-refractivity contribution >= 4 is 5.71 Å². The molecule has 26 heavy (non-hydrogen) atoms. The SMILES string of the molecule is C=C(C)N1N=C2c3cc(OC)ccc3CC[C@@H]2[C@@H]1c1ccc(OC)cc1. The van der Waals surface area contributed by atoms with E-state index in [1.54, 1.807) is 14.2 Å². The van der Waals surface area contributed by atoms with Gasteiger partial charge in [-0.15, -0.1) is 0 Å². The number of methoxy groups -OCH3 is 2. The molecule has 4 nitrogen and oxygen atoms in total. The highest BCUT2D eigenvalue weighted by Gasteiger charge is 2.41. The second-order valence-electron chi connectivity index (χ2n) is 6.95. The smallest absolute Gasteiger partial charge is 0.119 e. The summed E-state index contributed by atoms with van der Waals surface area (Å²) in [6.07, 6.45) is 2.14. The van der Waals surface area contributed by atoms with Crippen molar-refractivity contribution in [3.05, 3.63) is 71.4 Å². The van der Waals surface area contributed by atoms with Crippen molar-refractivity contribution in [2.75, 3.05) is 14.2 Å². The highest BCUT2D eigenvalue weighted by Crippen LogP contribution is 2.45. The molecule has 0 fully saturated rings. The minimum Gasteiger partial charge on any atom is -0.497 e. The maximum absolute atomic E-state index is 5.44. The molecule has 0 spiro atoms. The first kappa shape index (κ1) is 16.7. The van der Waals surface area contributed by atoms with Gasteiger partial charge in [-0.1, -0.05) is 24.8 Å². The molecule has 1 aliphatic carbocycles. The monoisotopic (exact) mass is 348 g/mol. The molecule has 0 amide bonds. The van der Waals surface area contributed by atoms with E-state index in [-0.39, 0.29) is 6.04 Å². The highest BCUT2D eigenvalue weighted by atomic mass is 16.5. The van der Waals surface area contributed by atoms with Gasteiger partial charge >= 0.3 is 0 Å². The maximum atomic E-state index is 5.44. The molecule has 0 saturated carbocycles. The van der Waals surface area contributed by atoms with E-state index in [2.05, 4.69) is 35.9 Å². The number of nitrogens with zero attached hydrogens (tertiary/aromatic N) is 2. The second kappa shape index (κ2) is 6.52. The Morgan fingerprint density at radius 2 is 1.77 bits per heavy atom. The number of fused-ring (bicyclic) bond motifs is 3. The largest absolute Gasteiger partial charge is 0.497 e. The van der Waals surface area contributed by atoms with Crippen LogP contribution in [0.15, 0.2) is 59.8 Å². The fourth-order valence-electron chi connectivity index (χ4n) is 4.07. The van der Waals surface area contributed by atoms with Crippen molar-refractivity contribution in [3.63, 3.8) is 0 Å². The third-order valence-corrected chi connectivity index (χ3v) is 5.38. The third kappa shape index (κ3) is 2.66. The summed E-state index contributed by atoms with van der Waals surface area (Å²) in [4.78, 5) is 0. The number of hydrogen-bond donors (Lipinski definition) is 0. The van der Waals surface area contributed by atoms with Crippen LogP contribution in [-0.4, -0.2) is 24.9 Å². The fourth-order valence-corrected chi connectivity index (χ4v) is 4.07. The summed E-state index contributed by atoms with van der Waals surface area (Å²) < 4.78 is 10.8. The number of hydrogen-bond acceptors (Lipinski definition) is 4. The van der Waals surface area contributed by atoms with Gasteiger partial charge in [0.25, 0.3) is 0 Å². The van der Waals surface area contributed by atoms with Crippen molar-refractivity contribution in [2.24, 2.45) is 11.0 Å². The Kier molecular flexibility index (Phi) is 4.19. The van der Waals surface area contributed by atoms with Gasteiger partial charge < -0.3 is 9.47 Å². The molecule has 134 valence electrons. The highest BCUT2D eigenvalue weighted by molar-refractivity contribution is 6.06. The molecule has 0 unspecified atom stereocenters. The van der Waals surface area contributed by atoms with Crippen molar-refractivity contribution in [3.8, 4) is 11.5 Å². The lowest BCUT2D eigenvalue weighted by molar-refractivity contribution is 0.254. The Labute approximate surface area is 154 Å². The van der Waals surface area contributed by atoms with Crippen LogP contribution in [0.25, 0.3) is 0 Å². The van der Waals surface area contributed by atoms with E-state index in [1.807, 2.05) is 25.1 Å². The van der Waals surface area contributed by atoms with Crippen molar-refractivity contribution in [1.29, 1.82) is 0 Å². The second-order valence-corrected chi connectivity index (χ2v) is 6.95. The van der Waals surface area contributed by atoms with Crippen LogP contribution in [0.4, 0.5) is 0 Å². The van der Waals surface area contributed by atoms with Crippen LogP contribution in [0.1, 0.15) is 36.1 Å². The van der Waals surface area contributed by atoms with Gasteiger partial charge in [0.15, 0.2) is 0 Å². The normalized spacial score (nSPS) is 20.9. The lowest BCUT2D eigenvalue weighted by Crippen LogP contribution is -2.28. The van der Waals surface area contributed by atoms with Gasteiger partial charge in [0.2, 0.25) is 0 Å². The summed E-state index contributed by atoms with van der Waals surface area (Å²) in [7, 11) is 3.40. The minimum atomic E-state index is 0.174. The van der Waals surface area contributed by atoms with E-state index in [0.717, 1.165) is 35.7 Å². The fraction of sp³-hybridized carbons (Fsp3) is 0.318. The molecule has 2 aromatic rings. The zero-order chi connectivity index (χ0) is 18.3. The number of aryl methyl sites for hydroxylation is 1. The van der Waals surface area contributed by atoms with Crippen LogP contribution in [0.3, 0.4) is 0 Å². The molecule has 2 atom stereocenters. The Morgan fingerprint density at radius 1 is 1.08 bits per heavy atom. The predicted octanol–water partition coefficient (Wildman–Crippen LogP) is 4.56. The molecule has 1 heterocycles. The number of ether oxygens (including phenoxy) is 2. The lowest BCUT2D eigenvalue weighted by Gasteiger charge is -2.30. The molecular weight excluding hydrogens is 324 g/mol. The summed E-state index contributed by atoms with van der Waals surface area (Å²) in [5, 5.41) is 7.07. The Bertz CT molecular complexity index is 870. The Morgan fingerprint density at radius 3 is 2.42 bits per heavy atom. The molecule has 4 heteroatoms. The Balaban J connectivity index is 1.77. The van der Waals surface area contributed by atoms with Crippen LogP contribution >= 0.6 is 0 Å². The number of benzene rings is 2. The number of rotatable bonds is 4. The predicted molar refractivity (Wildman–Crippen MR) is 104 cm³/mol. The standard InChI is InChI=1S/C22H24N2O2/c1-14(2)24-22(16-6-9-17(25-3)10-7-16)19-12-8-15-5-11-18(26-4)13-20(15)21(19)23-24/h5-7,9-11,13,19,22H,1,8,12H2,2-4H3/t19-,22-/m0/s1. The first-order chi connectivity index (χ1) is 12.6. The zero-order valence-corrected chi connectivity index (χ0v) is 15.5. The Hall–Kier alpha value is -2.75. The lowest BCUT2D eigenvalue weighted by atomic mass is 9.77. The van der Waals surface area contributed by atoms with Crippen molar-refractivity contribution in [2.45, 2.75) is 25.8 Å². The summed E-state index contributed by atoms with van der Waals surface area (Å²) in [6, 6.07) is 14.8. The van der Waals surface area contributed by atoms with Crippen LogP contribution in [0.5, 0.6) is 11.5 Å². The van der Waals surface area contributed by atoms with E-state index in [4.69, 9.17) is 14.6 Å². The van der Waals surface area contributed by atoms with Crippen molar-refractivity contribution in [1.82, 2.24) is 5.01 Å². The average Bonchev–Trinajstić information content (AvgIpc) is 3.08. The molecule has 0 saturated heterocycles. The van der Waals surface area contributed by atoms with Crippen molar-refractivity contribution < 1.29 is 9.47 Å². The molecule has 4 rings (SSSR count). The molecule has 0 bridgehead atoms. The topological polar surface area (TPSA) is 34.1 Å². The first-order valence-corrected chi connectivity index (χ1v) is 8.97. The third-order valence-electron chi connectivity index (χ3n) is 5.38. The zero-order valence-electron chi connectivity index (χ0n) is 15.5. The summed E-state index contributed by atoms with van der Waals surface area (Å²) >= 11 is 0. The van der Waals surface area contributed by atoms with Crippen LogP contribution in [-0.2, 0) is 6.42 Å². The summed E-state index contributed by atoms with van der Waals surface area (Å²) in [5.41, 5.74) is 5.90. The molecule has 0 N–H and O–H groups in total. The minimum absolute atomic E-state index is 0.174.